The Kier molecular flexibility index (Phi) is 25.0. The molecule has 0 heterocycles. The highest BCUT2D eigenvalue weighted by atomic mass is 14.5. The molecule has 0 bridgehead atoms. The molecule has 0 rings (SSSR count). The fourth-order valence-electron chi connectivity index (χ4n) is 0.862. The third kappa shape index (κ3) is 18.7. The first-order valence-electron chi connectivity index (χ1n) is 6.40. The van der Waals surface area contributed by atoms with E-state index in [1.54, 1.807) is 6.08 Å². The Morgan fingerprint density at radius 2 is 1.62 bits per heavy atom. The Hall–Kier alpha value is -0.980. The molecule has 0 aliphatic rings. The topological polar surface area (TPSA) is 26.0 Å². The average molecular weight is 225 g/mol. The van der Waals surface area contributed by atoms with Crippen molar-refractivity contribution in [3.63, 3.8) is 0 Å². The molecule has 0 radical (unpaired) electrons. The van der Waals surface area contributed by atoms with Crippen LogP contribution < -0.4 is 5.73 Å². The first-order chi connectivity index (χ1) is 7.65. The standard InChI is InChI=1S/C10H17N.C3H8.C2H6/c1-4-7-9(5-2)8-10(11)6-3;1-3-2;1-2/h5-6,8H,3-4,7,11H2,1-2H3;3H2,1-2H3;1-2H3/b9-5-,10-8+;;. The van der Waals surface area contributed by atoms with Gasteiger partial charge in [-0.05, 0) is 25.5 Å². The summed E-state index contributed by atoms with van der Waals surface area (Å²) in [5.41, 5.74) is 7.61. The zero-order valence-corrected chi connectivity index (χ0v) is 12.1. The zero-order chi connectivity index (χ0) is 13.4. The lowest BCUT2D eigenvalue weighted by Gasteiger charge is -1.98. The monoisotopic (exact) mass is 225 g/mol. The van der Waals surface area contributed by atoms with E-state index in [0.29, 0.717) is 0 Å². The predicted octanol–water partition coefficient (Wildman–Crippen LogP) is 5.20. The summed E-state index contributed by atoms with van der Waals surface area (Å²) in [4.78, 5) is 0. The van der Waals surface area contributed by atoms with Gasteiger partial charge in [-0.1, -0.05) is 65.7 Å². The first-order valence-corrected chi connectivity index (χ1v) is 6.40. The van der Waals surface area contributed by atoms with E-state index in [9.17, 15) is 0 Å². The molecule has 1 heteroatoms. The highest BCUT2D eigenvalue weighted by molar-refractivity contribution is 5.26. The average Bonchev–Trinajstić information content (AvgIpc) is 2.32. The molecule has 1 nitrogen and oxygen atoms in total. The summed E-state index contributed by atoms with van der Waals surface area (Å²) in [5.74, 6) is 0. The highest BCUT2D eigenvalue weighted by Crippen LogP contribution is 2.07. The lowest BCUT2D eigenvalue weighted by Crippen LogP contribution is -1.92. The Balaban J connectivity index is -0.000000289. The summed E-state index contributed by atoms with van der Waals surface area (Å²) in [7, 11) is 0. The van der Waals surface area contributed by atoms with Crippen LogP contribution in [0, 0.1) is 0 Å². The second-order valence-electron chi connectivity index (χ2n) is 3.17. The van der Waals surface area contributed by atoms with Gasteiger partial charge in [0.15, 0.2) is 0 Å². The van der Waals surface area contributed by atoms with Crippen LogP contribution >= 0.6 is 0 Å². The molecule has 0 spiro atoms. The van der Waals surface area contributed by atoms with Gasteiger partial charge in [-0.25, -0.2) is 0 Å². The van der Waals surface area contributed by atoms with Crippen LogP contribution in [0.2, 0.25) is 0 Å². The van der Waals surface area contributed by atoms with E-state index in [0.717, 1.165) is 18.5 Å². The first kappa shape index (κ1) is 20.4. The number of rotatable bonds is 4. The Morgan fingerprint density at radius 3 is 1.88 bits per heavy atom. The summed E-state index contributed by atoms with van der Waals surface area (Å²) in [6, 6.07) is 0. The van der Waals surface area contributed by atoms with Gasteiger partial charge in [0.05, 0.1) is 0 Å². The van der Waals surface area contributed by atoms with E-state index >= 15 is 0 Å². The van der Waals surface area contributed by atoms with Crippen molar-refractivity contribution < 1.29 is 0 Å². The number of hydrogen-bond donors (Lipinski definition) is 1. The van der Waals surface area contributed by atoms with Gasteiger partial charge in [-0.2, -0.15) is 0 Å². The minimum absolute atomic E-state index is 0.742. The van der Waals surface area contributed by atoms with Gasteiger partial charge in [0.2, 0.25) is 0 Å². The predicted molar refractivity (Wildman–Crippen MR) is 78.4 cm³/mol. The quantitative estimate of drug-likeness (QED) is 0.653. The summed E-state index contributed by atoms with van der Waals surface area (Å²) in [6.45, 7) is 16.0. The van der Waals surface area contributed by atoms with Crippen LogP contribution in [0.1, 0.15) is 60.8 Å². The molecule has 0 unspecified atom stereocenters. The second-order valence-corrected chi connectivity index (χ2v) is 3.17. The van der Waals surface area contributed by atoms with E-state index in [4.69, 9.17) is 5.73 Å². The molecule has 16 heavy (non-hydrogen) atoms. The van der Waals surface area contributed by atoms with Crippen molar-refractivity contribution in [1.82, 2.24) is 0 Å². The normalized spacial score (nSPS) is 10.6. The molecule has 0 atom stereocenters. The van der Waals surface area contributed by atoms with E-state index < -0.39 is 0 Å². The van der Waals surface area contributed by atoms with Crippen molar-refractivity contribution in [3.8, 4) is 0 Å². The third-order valence-electron chi connectivity index (χ3n) is 1.50. The molecule has 0 aromatic carbocycles. The number of nitrogens with two attached hydrogens (primary N) is 1. The van der Waals surface area contributed by atoms with E-state index in [1.165, 1.54) is 12.0 Å². The highest BCUT2D eigenvalue weighted by Gasteiger charge is 1.89. The molecule has 0 amide bonds. The summed E-state index contributed by atoms with van der Waals surface area (Å²) in [5, 5.41) is 0. The van der Waals surface area contributed by atoms with Gasteiger partial charge in [0.1, 0.15) is 0 Å². The smallest absolute Gasteiger partial charge is 0.0310 e. The van der Waals surface area contributed by atoms with Crippen LogP contribution in [0.15, 0.2) is 36.1 Å². The lowest BCUT2D eigenvalue weighted by atomic mass is 10.1. The molecule has 2 N–H and O–H groups in total. The fraction of sp³-hybridized carbons (Fsp3) is 0.600. The van der Waals surface area contributed by atoms with Crippen LogP contribution in [0.5, 0.6) is 0 Å². The summed E-state index contributed by atoms with van der Waals surface area (Å²) in [6.07, 6.45) is 9.21. The van der Waals surface area contributed by atoms with Gasteiger partial charge < -0.3 is 5.73 Å². The molecule has 0 aliphatic heterocycles. The number of hydrogen-bond acceptors (Lipinski definition) is 1. The van der Waals surface area contributed by atoms with Crippen molar-refractivity contribution in [3.05, 3.63) is 36.1 Å². The van der Waals surface area contributed by atoms with E-state index in [-0.39, 0.29) is 0 Å². The second kappa shape index (κ2) is 19.6. The van der Waals surface area contributed by atoms with E-state index in [2.05, 4.69) is 33.4 Å². The Labute approximate surface area is 103 Å². The van der Waals surface area contributed by atoms with Crippen LogP contribution in [0.25, 0.3) is 0 Å². The Bertz CT molecular complexity index is 188. The van der Waals surface area contributed by atoms with Crippen molar-refractivity contribution in [2.24, 2.45) is 5.73 Å². The number of allylic oxidation sites excluding steroid dienone is 4. The van der Waals surface area contributed by atoms with Crippen LogP contribution in [-0.4, -0.2) is 0 Å². The van der Waals surface area contributed by atoms with Gasteiger partial charge in [-0.3, -0.25) is 0 Å². The van der Waals surface area contributed by atoms with Crippen molar-refractivity contribution >= 4 is 0 Å². The van der Waals surface area contributed by atoms with Crippen LogP contribution in [0.3, 0.4) is 0 Å². The van der Waals surface area contributed by atoms with Gasteiger partial charge in [-0.15, -0.1) is 0 Å². The fourth-order valence-corrected chi connectivity index (χ4v) is 0.862. The SMILES string of the molecule is C=C/C(N)=C\C(=C/C)CCC.CC.CCC. The minimum atomic E-state index is 0.742. The molecule has 0 saturated heterocycles. The van der Waals surface area contributed by atoms with Gasteiger partial charge in [0, 0.05) is 5.70 Å². The van der Waals surface area contributed by atoms with Crippen molar-refractivity contribution in [2.75, 3.05) is 0 Å². The molecule has 0 aromatic rings. The van der Waals surface area contributed by atoms with Crippen LogP contribution in [-0.2, 0) is 0 Å². The summed E-state index contributed by atoms with van der Waals surface area (Å²) < 4.78 is 0. The van der Waals surface area contributed by atoms with Crippen molar-refractivity contribution in [1.29, 1.82) is 0 Å². The summed E-state index contributed by atoms with van der Waals surface area (Å²) >= 11 is 0. The van der Waals surface area contributed by atoms with Crippen LogP contribution in [0.4, 0.5) is 0 Å². The lowest BCUT2D eigenvalue weighted by molar-refractivity contribution is 0.922. The van der Waals surface area contributed by atoms with Crippen molar-refractivity contribution in [2.45, 2.75) is 60.8 Å². The third-order valence-corrected chi connectivity index (χ3v) is 1.50. The molecule has 0 aliphatic carbocycles. The maximum Gasteiger partial charge on any atom is 0.0310 e. The molecular formula is C15H31N. The van der Waals surface area contributed by atoms with Gasteiger partial charge >= 0.3 is 0 Å². The molecular weight excluding hydrogens is 194 g/mol. The maximum atomic E-state index is 5.58. The maximum absolute atomic E-state index is 5.58. The zero-order valence-electron chi connectivity index (χ0n) is 12.1. The molecule has 0 saturated carbocycles. The van der Waals surface area contributed by atoms with Gasteiger partial charge in [0.25, 0.3) is 0 Å². The molecule has 0 fully saturated rings. The largest absolute Gasteiger partial charge is 0.399 e. The molecule has 0 aromatic heterocycles. The van der Waals surface area contributed by atoms with E-state index in [1.807, 2.05) is 26.8 Å². The minimum Gasteiger partial charge on any atom is -0.399 e. The molecule has 96 valence electrons. The Morgan fingerprint density at radius 1 is 1.19 bits per heavy atom.